The highest BCUT2D eigenvalue weighted by molar-refractivity contribution is 9.10. The molecule has 0 fully saturated rings. The third-order valence-corrected chi connectivity index (χ3v) is 4.75. The molecule has 3 aromatic rings. The van der Waals surface area contributed by atoms with Crippen molar-refractivity contribution in [2.24, 2.45) is 5.10 Å². The number of carbonyl (C=O) groups is 2. The van der Waals surface area contributed by atoms with Gasteiger partial charge in [-0.3, -0.25) is 9.59 Å². The van der Waals surface area contributed by atoms with Crippen LogP contribution < -0.4 is 20.2 Å². The molecule has 0 atom stereocenters. The minimum atomic E-state index is -0.886. The second-order valence-corrected chi connectivity index (χ2v) is 7.48. The fraction of sp³-hybridized carbons (Fsp3) is 0.125. The Morgan fingerprint density at radius 2 is 1.66 bits per heavy atom. The molecule has 0 aliphatic heterocycles. The number of benzene rings is 3. The van der Waals surface area contributed by atoms with E-state index in [9.17, 15) is 9.59 Å². The van der Waals surface area contributed by atoms with Crippen LogP contribution in [0.15, 0.2) is 82.4 Å². The lowest BCUT2D eigenvalue weighted by atomic mass is 10.2. The molecule has 0 heterocycles. The van der Waals surface area contributed by atoms with Crippen LogP contribution in [0.2, 0.25) is 0 Å². The summed E-state index contributed by atoms with van der Waals surface area (Å²) in [6.45, 7) is 2.81. The topological polar surface area (TPSA) is 89.0 Å². The molecule has 7 nitrogen and oxygen atoms in total. The molecule has 2 amide bonds. The van der Waals surface area contributed by atoms with Crippen molar-refractivity contribution in [1.29, 1.82) is 0 Å². The van der Waals surface area contributed by atoms with E-state index in [1.54, 1.807) is 36.4 Å². The van der Waals surface area contributed by atoms with Crippen LogP contribution in [0.1, 0.15) is 18.1 Å². The number of hydrazone groups is 1. The molecular formula is C24H22BrN3O4. The van der Waals surface area contributed by atoms with Crippen LogP contribution in [0, 0.1) is 0 Å². The van der Waals surface area contributed by atoms with E-state index in [1.807, 2.05) is 43.3 Å². The number of para-hydroxylation sites is 1. The molecule has 0 bridgehead atoms. The Hall–Kier alpha value is -3.65. The summed E-state index contributed by atoms with van der Waals surface area (Å²) in [6.07, 6.45) is 1.43. The highest BCUT2D eigenvalue weighted by Crippen LogP contribution is 2.19. The molecule has 32 heavy (non-hydrogen) atoms. The van der Waals surface area contributed by atoms with E-state index in [2.05, 4.69) is 31.8 Å². The molecule has 0 unspecified atom stereocenters. The first-order chi connectivity index (χ1) is 15.5. The molecular weight excluding hydrogens is 474 g/mol. The van der Waals surface area contributed by atoms with E-state index in [-0.39, 0.29) is 0 Å². The van der Waals surface area contributed by atoms with Crippen LogP contribution in [0.3, 0.4) is 0 Å². The van der Waals surface area contributed by atoms with Crippen LogP contribution >= 0.6 is 15.9 Å². The van der Waals surface area contributed by atoms with Gasteiger partial charge in [-0.1, -0.05) is 40.2 Å². The number of nitrogens with one attached hydrogen (secondary N) is 2. The molecule has 0 aliphatic rings. The predicted octanol–water partition coefficient (Wildman–Crippen LogP) is 4.52. The molecule has 164 valence electrons. The summed E-state index contributed by atoms with van der Waals surface area (Å²) in [7, 11) is 0. The zero-order chi connectivity index (χ0) is 22.8. The summed E-state index contributed by atoms with van der Waals surface area (Å²) in [5.74, 6) is -0.428. The van der Waals surface area contributed by atoms with Gasteiger partial charge in [-0.05, 0) is 61.0 Å². The average Bonchev–Trinajstić information content (AvgIpc) is 2.81. The van der Waals surface area contributed by atoms with Gasteiger partial charge in [0.25, 0.3) is 0 Å². The van der Waals surface area contributed by atoms with E-state index < -0.39 is 11.8 Å². The van der Waals surface area contributed by atoms with Crippen LogP contribution in [-0.4, -0.2) is 24.6 Å². The number of amides is 2. The molecule has 3 rings (SSSR count). The number of carbonyl (C=O) groups excluding carboxylic acids is 2. The van der Waals surface area contributed by atoms with Crippen molar-refractivity contribution < 1.29 is 19.1 Å². The highest BCUT2D eigenvalue weighted by Gasteiger charge is 2.13. The van der Waals surface area contributed by atoms with Crippen LogP contribution in [0.25, 0.3) is 0 Å². The van der Waals surface area contributed by atoms with E-state index in [1.165, 1.54) is 6.21 Å². The standard InChI is InChI=1S/C24H22BrN3O4/c1-2-31-21-13-11-20(12-14-21)27-23(29)24(30)28-26-15-18-5-3-4-6-22(18)32-16-17-7-9-19(25)10-8-17/h3-15H,2,16H2,1H3,(H,27,29)(H,28,30)/b26-15-. The lowest BCUT2D eigenvalue weighted by Gasteiger charge is -2.09. The van der Waals surface area contributed by atoms with Gasteiger partial charge in [-0.2, -0.15) is 5.10 Å². The van der Waals surface area contributed by atoms with E-state index in [4.69, 9.17) is 9.47 Å². The lowest BCUT2D eigenvalue weighted by Crippen LogP contribution is -2.32. The van der Waals surface area contributed by atoms with Crippen molar-refractivity contribution in [2.45, 2.75) is 13.5 Å². The third-order valence-electron chi connectivity index (χ3n) is 4.23. The maximum atomic E-state index is 12.1. The van der Waals surface area contributed by atoms with Gasteiger partial charge in [0.15, 0.2) is 0 Å². The monoisotopic (exact) mass is 495 g/mol. The Bertz CT molecular complexity index is 1080. The molecule has 0 saturated carbocycles. The first-order valence-corrected chi connectivity index (χ1v) is 10.7. The quantitative estimate of drug-likeness (QED) is 0.273. The number of hydrogen-bond donors (Lipinski definition) is 2. The number of hydrogen-bond acceptors (Lipinski definition) is 5. The summed E-state index contributed by atoms with van der Waals surface area (Å²) in [6, 6.07) is 21.8. The number of ether oxygens (including phenoxy) is 2. The minimum absolute atomic E-state index is 0.384. The van der Waals surface area contributed by atoms with Gasteiger partial charge in [0.2, 0.25) is 0 Å². The largest absolute Gasteiger partial charge is 0.494 e. The van der Waals surface area contributed by atoms with Gasteiger partial charge in [0.1, 0.15) is 18.1 Å². The molecule has 0 aromatic heterocycles. The lowest BCUT2D eigenvalue weighted by molar-refractivity contribution is -0.136. The molecule has 0 aliphatic carbocycles. The molecule has 0 spiro atoms. The first kappa shape index (κ1) is 23.0. The number of halogens is 1. The van der Waals surface area contributed by atoms with Gasteiger partial charge >= 0.3 is 11.8 Å². The van der Waals surface area contributed by atoms with Crippen LogP contribution in [0.4, 0.5) is 5.69 Å². The van der Waals surface area contributed by atoms with Crippen molar-refractivity contribution in [1.82, 2.24) is 5.43 Å². The number of nitrogens with zero attached hydrogens (tertiary/aromatic N) is 1. The maximum Gasteiger partial charge on any atom is 0.329 e. The Morgan fingerprint density at radius 3 is 2.38 bits per heavy atom. The second-order valence-electron chi connectivity index (χ2n) is 6.56. The average molecular weight is 496 g/mol. The Balaban J connectivity index is 1.54. The Kier molecular flexibility index (Phi) is 8.39. The molecule has 8 heteroatoms. The summed E-state index contributed by atoms with van der Waals surface area (Å²) < 4.78 is 12.2. The van der Waals surface area contributed by atoms with Gasteiger partial charge in [-0.15, -0.1) is 0 Å². The van der Waals surface area contributed by atoms with Crippen molar-refractivity contribution in [3.8, 4) is 11.5 Å². The normalized spacial score (nSPS) is 10.6. The molecule has 3 aromatic carbocycles. The van der Waals surface area contributed by atoms with Gasteiger partial charge in [0, 0.05) is 15.7 Å². The highest BCUT2D eigenvalue weighted by atomic mass is 79.9. The van der Waals surface area contributed by atoms with Crippen LogP contribution in [0.5, 0.6) is 11.5 Å². The Morgan fingerprint density at radius 1 is 0.938 bits per heavy atom. The van der Waals surface area contributed by atoms with Crippen LogP contribution in [-0.2, 0) is 16.2 Å². The second kappa shape index (κ2) is 11.7. The zero-order valence-corrected chi connectivity index (χ0v) is 19.0. The number of anilines is 1. The van der Waals surface area contributed by atoms with Crippen molar-refractivity contribution in [3.63, 3.8) is 0 Å². The summed E-state index contributed by atoms with van der Waals surface area (Å²) in [4.78, 5) is 24.1. The summed E-state index contributed by atoms with van der Waals surface area (Å²) in [5, 5.41) is 6.38. The van der Waals surface area contributed by atoms with Crippen molar-refractivity contribution >= 4 is 39.6 Å². The maximum absolute atomic E-state index is 12.1. The first-order valence-electron chi connectivity index (χ1n) is 9.88. The fourth-order valence-corrected chi connectivity index (χ4v) is 2.92. The zero-order valence-electron chi connectivity index (χ0n) is 17.4. The van der Waals surface area contributed by atoms with E-state index >= 15 is 0 Å². The summed E-state index contributed by atoms with van der Waals surface area (Å²) in [5.41, 5.74) is 4.38. The summed E-state index contributed by atoms with van der Waals surface area (Å²) >= 11 is 3.40. The Labute approximate surface area is 194 Å². The molecule has 0 radical (unpaired) electrons. The van der Waals surface area contributed by atoms with Crippen molar-refractivity contribution in [3.05, 3.63) is 88.4 Å². The van der Waals surface area contributed by atoms with Gasteiger partial charge < -0.3 is 14.8 Å². The SMILES string of the molecule is CCOc1ccc(NC(=O)C(=O)N/N=C\c2ccccc2OCc2ccc(Br)cc2)cc1. The predicted molar refractivity (Wildman–Crippen MR) is 127 cm³/mol. The van der Waals surface area contributed by atoms with E-state index in [0.717, 1.165) is 10.0 Å². The van der Waals surface area contributed by atoms with E-state index in [0.29, 0.717) is 36.0 Å². The van der Waals surface area contributed by atoms with Gasteiger partial charge in [-0.25, -0.2) is 5.43 Å². The molecule has 0 saturated heterocycles. The van der Waals surface area contributed by atoms with Crippen molar-refractivity contribution in [2.75, 3.05) is 11.9 Å². The smallest absolute Gasteiger partial charge is 0.329 e. The minimum Gasteiger partial charge on any atom is -0.494 e. The fourth-order valence-electron chi connectivity index (χ4n) is 2.66. The molecule has 2 N–H and O–H groups in total. The third kappa shape index (κ3) is 6.95. The number of rotatable bonds is 8. The van der Waals surface area contributed by atoms with Gasteiger partial charge in [0.05, 0.1) is 12.8 Å².